The monoisotopic (exact) mass is 375 g/mol. The summed E-state index contributed by atoms with van der Waals surface area (Å²) in [7, 11) is -1.33. The third-order valence-electron chi connectivity index (χ3n) is 5.46. The summed E-state index contributed by atoms with van der Waals surface area (Å²) in [6.07, 6.45) is 4.10. The minimum Gasteiger partial charge on any atom is -0.312 e. The zero-order valence-electron chi connectivity index (χ0n) is 15.1. The first-order chi connectivity index (χ1) is 12.6. The molecule has 0 spiro atoms. The van der Waals surface area contributed by atoms with Crippen molar-refractivity contribution in [1.29, 1.82) is 0 Å². The fourth-order valence-corrected chi connectivity index (χ4v) is 5.41. The summed E-state index contributed by atoms with van der Waals surface area (Å²) >= 11 is 0. The maximum absolute atomic E-state index is 12.9. The van der Waals surface area contributed by atoms with Crippen LogP contribution < -0.4 is 0 Å². The number of fused-ring (bicyclic) bond motifs is 1. The van der Waals surface area contributed by atoms with E-state index in [4.69, 9.17) is 0 Å². The Kier molecular flexibility index (Phi) is 4.81. The van der Waals surface area contributed by atoms with Gasteiger partial charge in [0.05, 0.1) is 10.9 Å². The molecule has 1 atom stereocenters. The Bertz CT molecular complexity index is 865. The number of likely N-dealkylation sites (tertiary alicyclic amines) is 1. The van der Waals surface area contributed by atoms with Crippen LogP contribution in [0.2, 0.25) is 0 Å². The van der Waals surface area contributed by atoms with E-state index in [0.29, 0.717) is 31.0 Å². The van der Waals surface area contributed by atoms with Crippen molar-refractivity contribution >= 4 is 10.0 Å². The highest BCUT2D eigenvalue weighted by Crippen LogP contribution is 2.29. The summed E-state index contributed by atoms with van der Waals surface area (Å²) in [5, 5.41) is 8.84. The normalized spacial score (nSPS) is 22.7. The lowest BCUT2D eigenvalue weighted by Gasteiger charge is -2.31. The third kappa shape index (κ3) is 3.17. The molecule has 26 heavy (non-hydrogen) atoms. The molecule has 0 saturated carbocycles. The van der Waals surface area contributed by atoms with Gasteiger partial charge < -0.3 is 4.57 Å². The molecule has 2 aliphatic heterocycles. The summed E-state index contributed by atoms with van der Waals surface area (Å²) in [6, 6.07) is 8.94. The van der Waals surface area contributed by atoms with Crippen LogP contribution in [0.4, 0.5) is 0 Å². The van der Waals surface area contributed by atoms with Gasteiger partial charge in [-0.05, 0) is 38.6 Å². The molecule has 2 aliphatic rings. The van der Waals surface area contributed by atoms with Crippen LogP contribution in [0.25, 0.3) is 0 Å². The molecule has 0 amide bonds. The summed E-state index contributed by atoms with van der Waals surface area (Å²) in [5.41, 5.74) is 0. The van der Waals surface area contributed by atoms with E-state index in [9.17, 15) is 8.42 Å². The van der Waals surface area contributed by atoms with Gasteiger partial charge in [0.2, 0.25) is 10.0 Å². The number of benzene rings is 1. The van der Waals surface area contributed by atoms with Crippen molar-refractivity contribution < 1.29 is 8.42 Å². The van der Waals surface area contributed by atoms with Crippen molar-refractivity contribution in [3.63, 3.8) is 0 Å². The largest absolute Gasteiger partial charge is 0.312 e. The highest BCUT2D eigenvalue weighted by Gasteiger charge is 2.31. The molecular weight excluding hydrogens is 350 g/mol. The Morgan fingerprint density at radius 1 is 1.00 bits per heavy atom. The lowest BCUT2D eigenvalue weighted by molar-refractivity contribution is 0.174. The van der Waals surface area contributed by atoms with E-state index < -0.39 is 10.0 Å². The molecule has 0 N–H and O–H groups in total. The van der Waals surface area contributed by atoms with Crippen molar-refractivity contribution in [2.45, 2.75) is 43.2 Å². The Morgan fingerprint density at radius 3 is 2.58 bits per heavy atom. The van der Waals surface area contributed by atoms with Crippen molar-refractivity contribution in [3.8, 4) is 0 Å². The number of aromatic nitrogens is 3. The van der Waals surface area contributed by atoms with Gasteiger partial charge in [0.1, 0.15) is 11.6 Å². The number of hydrogen-bond acceptors (Lipinski definition) is 5. The van der Waals surface area contributed by atoms with Gasteiger partial charge in [-0.2, -0.15) is 4.31 Å². The second kappa shape index (κ2) is 7.09. The van der Waals surface area contributed by atoms with E-state index in [1.54, 1.807) is 28.6 Å². The summed E-state index contributed by atoms with van der Waals surface area (Å²) in [4.78, 5) is 2.69. The molecule has 1 aromatic carbocycles. The standard InChI is InChI=1S/C18H25N5O2S/c1-21-11-6-5-9-16(21)18-20-19-17-10-12-22(13-14-23(17)18)26(24,25)15-7-3-2-4-8-15/h2-4,7-8,16H,5-6,9-14H2,1H3/t16-/m1/s1. The number of sulfonamides is 1. The molecule has 4 rings (SSSR count). The van der Waals surface area contributed by atoms with Crippen LogP contribution in [-0.2, 0) is 23.0 Å². The molecular formula is C18H25N5O2S. The van der Waals surface area contributed by atoms with Crippen LogP contribution in [-0.4, -0.2) is 59.1 Å². The average Bonchev–Trinajstić information content (AvgIpc) is 2.92. The first kappa shape index (κ1) is 17.6. The van der Waals surface area contributed by atoms with Crippen LogP contribution >= 0.6 is 0 Å². The van der Waals surface area contributed by atoms with Gasteiger partial charge in [-0.3, -0.25) is 4.90 Å². The fraction of sp³-hybridized carbons (Fsp3) is 0.556. The first-order valence-corrected chi connectivity index (χ1v) is 10.7. The molecule has 8 heteroatoms. The SMILES string of the molecule is CN1CCCC[C@@H]1c1nnc2n1CCN(S(=O)(=O)c1ccccc1)CC2. The fourth-order valence-electron chi connectivity index (χ4n) is 3.96. The van der Waals surface area contributed by atoms with Crippen LogP contribution in [0.5, 0.6) is 0 Å². The number of nitrogens with zero attached hydrogens (tertiary/aromatic N) is 5. The molecule has 1 saturated heterocycles. The van der Waals surface area contributed by atoms with E-state index >= 15 is 0 Å². The van der Waals surface area contributed by atoms with Crippen molar-refractivity contribution in [2.75, 3.05) is 26.7 Å². The predicted octanol–water partition coefficient (Wildman–Crippen LogP) is 1.68. The lowest BCUT2D eigenvalue weighted by Crippen LogP contribution is -2.34. The van der Waals surface area contributed by atoms with E-state index in [0.717, 1.165) is 24.6 Å². The van der Waals surface area contributed by atoms with Crippen LogP contribution in [0, 0.1) is 0 Å². The van der Waals surface area contributed by atoms with Gasteiger partial charge >= 0.3 is 0 Å². The maximum Gasteiger partial charge on any atom is 0.243 e. The first-order valence-electron chi connectivity index (χ1n) is 9.25. The highest BCUT2D eigenvalue weighted by molar-refractivity contribution is 7.89. The van der Waals surface area contributed by atoms with Gasteiger partial charge in [0.15, 0.2) is 0 Å². The minimum atomic E-state index is -3.47. The molecule has 0 bridgehead atoms. The number of rotatable bonds is 3. The topological polar surface area (TPSA) is 71.3 Å². The summed E-state index contributed by atoms with van der Waals surface area (Å²) in [6.45, 7) is 2.57. The van der Waals surface area contributed by atoms with Crippen molar-refractivity contribution in [1.82, 2.24) is 24.0 Å². The van der Waals surface area contributed by atoms with Crippen molar-refractivity contribution in [3.05, 3.63) is 42.0 Å². The average molecular weight is 375 g/mol. The molecule has 3 heterocycles. The minimum absolute atomic E-state index is 0.280. The Labute approximate surface area is 154 Å². The predicted molar refractivity (Wildman–Crippen MR) is 98.1 cm³/mol. The van der Waals surface area contributed by atoms with Crippen LogP contribution in [0.3, 0.4) is 0 Å². The molecule has 7 nitrogen and oxygen atoms in total. The van der Waals surface area contributed by atoms with Crippen molar-refractivity contribution in [2.24, 2.45) is 0 Å². The van der Waals surface area contributed by atoms with E-state index in [1.807, 2.05) is 6.07 Å². The summed E-state index contributed by atoms with van der Waals surface area (Å²) < 4.78 is 29.6. The van der Waals surface area contributed by atoms with Gasteiger partial charge in [-0.25, -0.2) is 8.42 Å². The molecule has 140 valence electrons. The Balaban J connectivity index is 1.57. The van der Waals surface area contributed by atoms with E-state index in [2.05, 4.69) is 26.7 Å². The Morgan fingerprint density at radius 2 is 1.81 bits per heavy atom. The maximum atomic E-state index is 12.9. The molecule has 0 unspecified atom stereocenters. The van der Waals surface area contributed by atoms with Gasteiger partial charge in [0.25, 0.3) is 0 Å². The van der Waals surface area contributed by atoms with E-state index in [-0.39, 0.29) is 6.04 Å². The van der Waals surface area contributed by atoms with Crippen LogP contribution in [0.1, 0.15) is 37.0 Å². The third-order valence-corrected chi connectivity index (χ3v) is 7.38. The van der Waals surface area contributed by atoms with Gasteiger partial charge in [0, 0.05) is 26.1 Å². The molecule has 2 aromatic rings. The Hall–Kier alpha value is -1.77. The lowest BCUT2D eigenvalue weighted by atomic mass is 10.0. The molecule has 0 aliphatic carbocycles. The molecule has 1 aromatic heterocycles. The molecule has 1 fully saturated rings. The smallest absolute Gasteiger partial charge is 0.243 e. The molecule has 0 radical (unpaired) electrons. The van der Waals surface area contributed by atoms with Crippen LogP contribution in [0.15, 0.2) is 35.2 Å². The van der Waals surface area contributed by atoms with Gasteiger partial charge in [-0.15, -0.1) is 10.2 Å². The van der Waals surface area contributed by atoms with E-state index in [1.165, 1.54) is 12.8 Å². The quantitative estimate of drug-likeness (QED) is 0.816. The van der Waals surface area contributed by atoms with Gasteiger partial charge in [-0.1, -0.05) is 24.6 Å². The zero-order valence-corrected chi connectivity index (χ0v) is 15.9. The second-order valence-electron chi connectivity index (χ2n) is 7.09. The number of piperidine rings is 1. The number of hydrogen-bond donors (Lipinski definition) is 0. The zero-order chi connectivity index (χ0) is 18.1. The summed E-state index contributed by atoms with van der Waals surface area (Å²) in [5.74, 6) is 1.88. The second-order valence-corrected chi connectivity index (χ2v) is 9.02. The highest BCUT2D eigenvalue weighted by atomic mass is 32.2.